The van der Waals surface area contributed by atoms with Gasteiger partial charge in [-0.15, -0.1) is 0 Å². The van der Waals surface area contributed by atoms with E-state index in [9.17, 15) is 27.9 Å². The first-order chi connectivity index (χ1) is 27.1. The van der Waals surface area contributed by atoms with E-state index >= 15 is 0 Å². The summed E-state index contributed by atoms with van der Waals surface area (Å²) in [7, 11) is 0. The van der Waals surface area contributed by atoms with Crippen molar-refractivity contribution in [2.24, 2.45) is 0 Å². The van der Waals surface area contributed by atoms with E-state index in [1.54, 1.807) is 6.92 Å². The van der Waals surface area contributed by atoms with Crippen LogP contribution in [0, 0.1) is 0 Å². The molecule has 15 heteroatoms. The van der Waals surface area contributed by atoms with Crippen LogP contribution in [-0.4, -0.2) is 91.5 Å². The van der Waals surface area contributed by atoms with E-state index in [0.717, 1.165) is 43.6 Å². The van der Waals surface area contributed by atoms with Crippen LogP contribution in [0.1, 0.15) is 61.3 Å². The molecule has 7 rings (SSSR count). The summed E-state index contributed by atoms with van der Waals surface area (Å²) in [6, 6.07) is 28.4. The fourth-order valence-electron chi connectivity index (χ4n) is 7.66. The van der Waals surface area contributed by atoms with Crippen molar-refractivity contribution in [2.75, 3.05) is 30.3 Å². The molecular formula is C41H45F3N8O4. The summed E-state index contributed by atoms with van der Waals surface area (Å²) >= 11 is 0. The van der Waals surface area contributed by atoms with Crippen LogP contribution in [-0.2, 0) is 20.9 Å². The SMILES string of the molecule is CCC(=O)N[C@H]1C[C@@H](n2cnc3c(NCC(c4ccccc4)c4ccccc4)nc(NC4CCN(Cc5ccccc5)CC4)nc32)[C@H](OC(=O)C(F)(F)F)[C@@H]1O. The zero-order valence-electron chi connectivity index (χ0n) is 30.9. The van der Waals surface area contributed by atoms with Crippen molar-refractivity contribution in [2.45, 2.75) is 81.6 Å². The Morgan fingerprint density at radius 1 is 0.929 bits per heavy atom. The van der Waals surface area contributed by atoms with Crippen LogP contribution < -0.4 is 16.0 Å². The number of carbonyl (C=O) groups excluding carboxylic acids is 2. The van der Waals surface area contributed by atoms with Crippen LogP contribution in [0.2, 0.25) is 0 Å². The second kappa shape index (κ2) is 17.1. The smallest absolute Gasteiger partial charge is 0.451 e. The van der Waals surface area contributed by atoms with E-state index in [0.29, 0.717) is 17.9 Å². The lowest BCUT2D eigenvalue weighted by Crippen LogP contribution is -2.45. The zero-order chi connectivity index (χ0) is 39.2. The number of ether oxygens (including phenoxy) is 1. The van der Waals surface area contributed by atoms with E-state index in [-0.39, 0.29) is 36.4 Å². The predicted molar refractivity (Wildman–Crippen MR) is 205 cm³/mol. The minimum atomic E-state index is -5.30. The van der Waals surface area contributed by atoms with Crippen LogP contribution in [0.5, 0.6) is 0 Å². The number of alkyl halides is 3. The van der Waals surface area contributed by atoms with Gasteiger partial charge in [-0.1, -0.05) is 97.9 Å². The van der Waals surface area contributed by atoms with Gasteiger partial charge in [-0.3, -0.25) is 9.69 Å². The predicted octanol–water partition coefficient (Wildman–Crippen LogP) is 5.82. The van der Waals surface area contributed by atoms with Crippen molar-refractivity contribution in [3.05, 3.63) is 114 Å². The van der Waals surface area contributed by atoms with Crippen molar-refractivity contribution in [3.63, 3.8) is 0 Å². The minimum absolute atomic E-state index is 0.0347. The highest BCUT2D eigenvalue weighted by Crippen LogP contribution is 2.38. The first kappa shape index (κ1) is 38.7. The summed E-state index contributed by atoms with van der Waals surface area (Å²) < 4.78 is 46.9. The highest BCUT2D eigenvalue weighted by Gasteiger charge is 2.51. The topological polar surface area (TPSA) is 147 Å². The Kier molecular flexibility index (Phi) is 11.8. The highest BCUT2D eigenvalue weighted by molar-refractivity contribution is 5.84. The van der Waals surface area contributed by atoms with E-state index in [4.69, 9.17) is 14.7 Å². The van der Waals surface area contributed by atoms with Crippen LogP contribution >= 0.6 is 0 Å². The van der Waals surface area contributed by atoms with Crippen LogP contribution in [0.3, 0.4) is 0 Å². The summed E-state index contributed by atoms with van der Waals surface area (Å²) in [5.41, 5.74) is 4.00. The van der Waals surface area contributed by atoms with Gasteiger partial charge in [0.25, 0.3) is 0 Å². The van der Waals surface area contributed by atoms with Gasteiger partial charge in [0.05, 0.1) is 18.4 Å². The van der Waals surface area contributed by atoms with Crippen LogP contribution in [0.15, 0.2) is 97.3 Å². The number of amides is 1. The molecule has 12 nitrogen and oxygen atoms in total. The third-order valence-corrected chi connectivity index (χ3v) is 10.6. The summed E-state index contributed by atoms with van der Waals surface area (Å²) in [4.78, 5) is 41.3. The van der Waals surface area contributed by atoms with Gasteiger partial charge in [0.1, 0.15) is 6.10 Å². The van der Waals surface area contributed by atoms with Crippen molar-refractivity contribution in [3.8, 4) is 0 Å². The number of benzene rings is 3. The average Bonchev–Trinajstić information content (AvgIpc) is 3.76. The van der Waals surface area contributed by atoms with Crippen LogP contribution in [0.25, 0.3) is 11.2 Å². The first-order valence-corrected chi connectivity index (χ1v) is 18.9. The Morgan fingerprint density at radius 3 is 2.16 bits per heavy atom. The maximum Gasteiger partial charge on any atom is 0.490 e. The van der Waals surface area contributed by atoms with Gasteiger partial charge in [-0.05, 0) is 36.0 Å². The maximum absolute atomic E-state index is 13.5. The molecule has 294 valence electrons. The standard InChI is InChI=1S/C41H45F3N8O4/c1-2-33(53)48-31-22-32(36(35(31)54)56-39(55)41(42,43)44)52-25-46-34-37(45-23-30(27-14-8-4-9-15-27)28-16-10-5-11-17-28)49-40(50-38(34)52)47-29-18-20-51(21-19-29)24-26-12-6-3-7-13-26/h3-17,25,29-32,35-36,54H,2,18-24H2,1H3,(H,48,53)(H2,45,47,49,50)/t31-,32+,35+,36-/m0/s1. The Balaban J connectivity index is 1.21. The number of nitrogens with one attached hydrogen (secondary N) is 3. The van der Waals surface area contributed by atoms with Crippen molar-refractivity contribution < 1.29 is 32.6 Å². The molecule has 5 aromatic rings. The first-order valence-electron chi connectivity index (χ1n) is 18.9. The van der Waals surface area contributed by atoms with E-state index < -0.39 is 42.3 Å². The van der Waals surface area contributed by atoms with E-state index in [1.165, 1.54) is 16.5 Å². The Bertz CT molecular complexity index is 2040. The molecule has 4 N–H and O–H groups in total. The highest BCUT2D eigenvalue weighted by atomic mass is 19.4. The third-order valence-electron chi connectivity index (χ3n) is 10.6. The van der Waals surface area contributed by atoms with E-state index in [2.05, 4.69) is 62.2 Å². The fourth-order valence-corrected chi connectivity index (χ4v) is 7.66. The number of anilines is 2. The van der Waals surface area contributed by atoms with Crippen molar-refractivity contribution in [1.29, 1.82) is 0 Å². The largest absolute Gasteiger partial charge is 0.490 e. The number of imidazole rings is 1. The number of esters is 1. The molecule has 4 atom stereocenters. The number of nitrogens with zero attached hydrogens (tertiary/aromatic N) is 5. The molecule has 2 aliphatic rings. The number of hydrogen-bond donors (Lipinski definition) is 4. The molecule has 1 aliphatic carbocycles. The molecule has 3 aromatic carbocycles. The lowest BCUT2D eigenvalue weighted by molar-refractivity contribution is -0.209. The number of aliphatic hydroxyl groups is 1. The molecule has 3 heterocycles. The molecule has 1 amide bonds. The van der Waals surface area contributed by atoms with Crippen molar-refractivity contribution >= 4 is 34.8 Å². The van der Waals surface area contributed by atoms with E-state index in [1.807, 2.05) is 54.6 Å². The number of aromatic nitrogens is 4. The lowest BCUT2D eigenvalue weighted by atomic mass is 9.91. The molecule has 0 spiro atoms. The molecular weight excluding hydrogens is 725 g/mol. The number of likely N-dealkylation sites (tertiary alicyclic amines) is 1. The molecule has 56 heavy (non-hydrogen) atoms. The molecule has 0 bridgehead atoms. The minimum Gasteiger partial charge on any atom is -0.451 e. The quantitative estimate of drug-likeness (QED) is 0.108. The van der Waals surface area contributed by atoms with Gasteiger partial charge in [0.2, 0.25) is 11.9 Å². The summed E-state index contributed by atoms with van der Waals surface area (Å²) in [5.74, 6) is -2.24. The molecule has 2 aromatic heterocycles. The lowest BCUT2D eigenvalue weighted by Gasteiger charge is -2.32. The van der Waals surface area contributed by atoms with Crippen LogP contribution in [0.4, 0.5) is 24.9 Å². The Labute approximate surface area is 322 Å². The average molecular weight is 771 g/mol. The maximum atomic E-state index is 13.5. The molecule has 1 aliphatic heterocycles. The number of rotatable bonds is 13. The summed E-state index contributed by atoms with van der Waals surface area (Å²) in [6.07, 6.45) is -5.51. The summed E-state index contributed by atoms with van der Waals surface area (Å²) in [6.45, 7) is 4.59. The Morgan fingerprint density at radius 2 is 1.55 bits per heavy atom. The molecule has 1 saturated carbocycles. The monoisotopic (exact) mass is 770 g/mol. The molecule has 0 unspecified atom stereocenters. The number of halogens is 3. The molecule has 0 radical (unpaired) electrons. The van der Waals surface area contributed by atoms with Gasteiger partial charge in [0, 0.05) is 44.6 Å². The molecule has 2 fully saturated rings. The van der Waals surface area contributed by atoms with Gasteiger partial charge in [0.15, 0.2) is 23.1 Å². The second-order valence-electron chi connectivity index (χ2n) is 14.3. The number of fused-ring (bicyclic) bond motifs is 1. The normalized spacial score (nSPS) is 20.6. The van der Waals surface area contributed by atoms with Gasteiger partial charge >= 0.3 is 12.1 Å². The Hall–Kier alpha value is -5.54. The number of piperidine rings is 1. The number of carbonyl (C=O) groups is 2. The van der Waals surface area contributed by atoms with Gasteiger partial charge in [-0.2, -0.15) is 23.1 Å². The van der Waals surface area contributed by atoms with Crippen molar-refractivity contribution in [1.82, 2.24) is 29.7 Å². The van der Waals surface area contributed by atoms with Gasteiger partial charge < -0.3 is 30.4 Å². The number of aliphatic hydroxyl groups excluding tert-OH is 1. The number of hydrogen-bond acceptors (Lipinski definition) is 10. The summed E-state index contributed by atoms with van der Waals surface area (Å²) in [5, 5.41) is 20.9. The molecule has 1 saturated heterocycles. The second-order valence-corrected chi connectivity index (χ2v) is 14.3. The zero-order valence-corrected chi connectivity index (χ0v) is 30.9. The third kappa shape index (κ3) is 8.95. The fraction of sp³-hybridized carbons (Fsp3) is 0.390. The van der Waals surface area contributed by atoms with Gasteiger partial charge in [-0.25, -0.2) is 9.78 Å².